The van der Waals surface area contributed by atoms with Crippen molar-refractivity contribution >= 4 is 56.5 Å². The number of urea groups is 1. The Labute approximate surface area is 297 Å². The molecule has 4 aliphatic rings. The van der Waals surface area contributed by atoms with Crippen LogP contribution in [0.2, 0.25) is 0 Å². The van der Waals surface area contributed by atoms with Crippen LogP contribution in [0.15, 0.2) is 27.4 Å². The molecule has 4 aliphatic heterocycles. The molecule has 4 amide bonds. The number of likely N-dealkylation sites (tertiary alicyclic amines) is 2. The molecule has 3 fully saturated rings. The van der Waals surface area contributed by atoms with Crippen molar-refractivity contribution in [3.63, 3.8) is 0 Å². The number of nitrogens with two attached hydrogens (primary N) is 1. The summed E-state index contributed by atoms with van der Waals surface area (Å²) in [7, 11) is 2.12. The summed E-state index contributed by atoms with van der Waals surface area (Å²) in [5.74, 6) is -1.22. The van der Waals surface area contributed by atoms with Gasteiger partial charge in [0.1, 0.15) is 0 Å². The van der Waals surface area contributed by atoms with Crippen LogP contribution >= 0.6 is 27.3 Å². The molecule has 1 atom stereocenters. The minimum atomic E-state index is -4.66. The zero-order valence-electron chi connectivity index (χ0n) is 27.8. The molecule has 1 aromatic carbocycles. The molecular weight excluding hydrogens is 723 g/mol. The number of piperidine rings is 2. The van der Waals surface area contributed by atoms with Gasteiger partial charge in [0.2, 0.25) is 11.8 Å². The highest BCUT2D eigenvalue weighted by Crippen LogP contribution is 2.39. The fraction of sp³-hybridized carbons (Fsp3) is 0.618. The molecule has 49 heavy (non-hydrogen) atoms. The first-order chi connectivity index (χ1) is 23.4. The number of nitrogens with one attached hydrogen (secondary N) is 1. The van der Waals surface area contributed by atoms with E-state index < -0.39 is 23.3 Å². The number of carbonyl (C=O) groups is 3. The first kappa shape index (κ1) is 35.9. The first-order valence-electron chi connectivity index (χ1n) is 17.1. The maximum Gasteiger partial charge on any atom is 0.418 e. The molecule has 0 spiro atoms. The monoisotopic (exact) mass is 767 g/mol. The zero-order valence-corrected chi connectivity index (χ0v) is 30.2. The van der Waals surface area contributed by atoms with Gasteiger partial charge >= 0.3 is 12.2 Å². The summed E-state index contributed by atoms with van der Waals surface area (Å²) in [6, 6.07) is 2.77. The van der Waals surface area contributed by atoms with Crippen LogP contribution in [0, 0.1) is 5.92 Å². The summed E-state index contributed by atoms with van der Waals surface area (Å²) in [6.07, 6.45) is -1.13. The molecule has 6 rings (SSSR count). The van der Waals surface area contributed by atoms with E-state index in [9.17, 15) is 27.6 Å². The van der Waals surface area contributed by atoms with Gasteiger partial charge in [0.15, 0.2) is 0 Å². The Hall–Kier alpha value is -2.88. The summed E-state index contributed by atoms with van der Waals surface area (Å²) < 4.78 is 41.7. The average molecular weight is 769 g/mol. The van der Waals surface area contributed by atoms with Crippen molar-refractivity contribution in [2.24, 2.45) is 5.92 Å². The maximum atomic E-state index is 14.1. The van der Waals surface area contributed by atoms with Crippen molar-refractivity contribution in [1.82, 2.24) is 24.5 Å². The Kier molecular flexibility index (Phi) is 11.1. The van der Waals surface area contributed by atoms with E-state index in [-0.39, 0.29) is 41.2 Å². The van der Waals surface area contributed by atoms with Crippen molar-refractivity contribution in [3.8, 4) is 0 Å². The molecular formula is C34H45BrF3N7O3S. The zero-order chi connectivity index (χ0) is 34.9. The smallest absolute Gasteiger partial charge is 0.397 e. The van der Waals surface area contributed by atoms with E-state index in [2.05, 4.69) is 43.5 Å². The van der Waals surface area contributed by atoms with Gasteiger partial charge in [-0.2, -0.15) is 13.2 Å². The van der Waals surface area contributed by atoms with Gasteiger partial charge in [-0.15, -0.1) is 11.3 Å². The fourth-order valence-corrected chi connectivity index (χ4v) is 9.06. The van der Waals surface area contributed by atoms with Crippen LogP contribution in [-0.2, 0) is 28.6 Å². The lowest BCUT2D eigenvalue weighted by atomic mass is 9.91. The average Bonchev–Trinajstić information content (AvgIpc) is 3.45. The van der Waals surface area contributed by atoms with Gasteiger partial charge in [-0.05, 0) is 90.1 Å². The second kappa shape index (κ2) is 15.2. The number of fused-ring (bicyclic) bond motifs is 1. The standard InChI is InChI=1S/C34H45BrF3N7O3S/c1-41-12-14-42(15-13-41)25-3-9-44(10-4-25)32(47)24(16-22-17-27(34(36,37)38)31(39)28(35)18-22)19-30(46)43-7-5-26(6-8-43)45-11-2-23-20-49-21-29(23)40-33(45)48/h17-18,20-21,24-26H,2-16,19,39H2,1H3,(H,40,48)/t24-/m0/s1. The van der Waals surface area contributed by atoms with Crippen LogP contribution in [0.5, 0.6) is 0 Å². The summed E-state index contributed by atoms with van der Waals surface area (Å²) in [5, 5.41) is 7.01. The van der Waals surface area contributed by atoms with Crippen molar-refractivity contribution in [3.05, 3.63) is 44.1 Å². The lowest BCUT2D eigenvalue weighted by molar-refractivity contribution is -0.143. The van der Waals surface area contributed by atoms with Crippen LogP contribution in [0.4, 0.5) is 29.3 Å². The number of hydrogen-bond acceptors (Lipinski definition) is 7. The van der Waals surface area contributed by atoms with Gasteiger partial charge < -0.3 is 30.7 Å². The van der Waals surface area contributed by atoms with Gasteiger partial charge in [0, 0.05) is 87.3 Å². The summed E-state index contributed by atoms with van der Waals surface area (Å²) >= 11 is 4.74. The largest absolute Gasteiger partial charge is 0.418 e. The highest BCUT2D eigenvalue weighted by molar-refractivity contribution is 9.10. The molecule has 0 saturated carbocycles. The third-order valence-corrected chi connectivity index (χ3v) is 12.2. The van der Waals surface area contributed by atoms with Gasteiger partial charge in [-0.3, -0.25) is 14.5 Å². The van der Waals surface area contributed by atoms with Gasteiger partial charge in [0.25, 0.3) is 0 Å². The second-order valence-corrected chi connectivity index (χ2v) is 15.4. The number of carbonyl (C=O) groups excluding carboxylic acids is 3. The Morgan fingerprint density at radius 2 is 1.61 bits per heavy atom. The number of likely N-dealkylation sites (N-methyl/N-ethyl adjacent to an activating group) is 1. The topological polar surface area (TPSA) is 105 Å². The van der Waals surface area contributed by atoms with Gasteiger partial charge in [-0.1, -0.05) is 0 Å². The predicted octanol–water partition coefficient (Wildman–Crippen LogP) is 4.98. The van der Waals surface area contributed by atoms with Crippen molar-refractivity contribution in [2.75, 3.05) is 77.0 Å². The van der Waals surface area contributed by atoms with Crippen LogP contribution in [0.25, 0.3) is 0 Å². The van der Waals surface area contributed by atoms with Crippen molar-refractivity contribution < 1.29 is 27.6 Å². The molecule has 3 N–H and O–H groups in total. The normalized spacial score (nSPS) is 21.3. The summed E-state index contributed by atoms with van der Waals surface area (Å²) in [5.41, 5.74) is 6.69. The molecule has 0 unspecified atom stereocenters. The number of rotatable bonds is 7. The summed E-state index contributed by atoms with van der Waals surface area (Å²) in [4.78, 5) is 51.1. The van der Waals surface area contributed by atoms with Crippen LogP contribution in [0.3, 0.4) is 0 Å². The molecule has 2 aromatic rings. The van der Waals surface area contributed by atoms with Crippen molar-refractivity contribution in [2.45, 2.75) is 63.2 Å². The molecule has 0 radical (unpaired) electrons. The van der Waals surface area contributed by atoms with E-state index in [1.807, 2.05) is 10.3 Å². The summed E-state index contributed by atoms with van der Waals surface area (Å²) in [6.45, 7) is 6.60. The Balaban J connectivity index is 1.12. The number of benzene rings is 1. The fourth-order valence-electron chi connectivity index (χ4n) is 7.73. The van der Waals surface area contributed by atoms with E-state index in [1.165, 1.54) is 6.07 Å². The third kappa shape index (κ3) is 8.37. The number of halogens is 4. The molecule has 268 valence electrons. The van der Waals surface area contributed by atoms with E-state index in [4.69, 9.17) is 5.73 Å². The van der Waals surface area contributed by atoms with Gasteiger partial charge in [0.05, 0.1) is 22.9 Å². The number of alkyl halides is 3. The number of nitrogen functional groups attached to an aromatic ring is 1. The quantitative estimate of drug-likeness (QED) is 0.386. The Morgan fingerprint density at radius 3 is 2.29 bits per heavy atom. The number of piperazine rings is 1. The second-order valence-electron chi connectivity index (χ2n) is 13.8. The molecule has 0 aliphatic carbocycles. The number of hydrogen-bond donors (Lipinski definition) is 2. The van der Waals surface area contributed by atoms with E-state index >= 15 is 0 Å². The molecule has 5 heterocycles. The van der Waals surface area contributed by atoms with E-state index in [0.29, 0.717) is 57.2 Å². The Morgan fingerprint density at radius 1 is 0.959 bits per heavy atom. The highest BCUT2D eigenvalue weighted by Gasteiger charge is 2.38. The predicted molar refractivity (Wildman–Crippen MR) is 187 cm³/mol. The number of anilines is 2. The first-order valence-corrected chi connectivity index (χ1v) is 18.9. The maximum absolute atomic E-state index is 14.1. The molecule has 15 heteroatoms. The number of thiophene rings is 1. The molecule has 3 saturated heterocycles. The van der Waals surface area contributed by atoms with E-state index in [0.717, 1.165) is 62.8 Å². The lowest BCUT2D eigenvalue weighted by Crippen LogP contribution is -2.53. The minimum Gasteiger partial charge on any atom is -0.397 e. The van der Waals surface area contributed by atoms with Crippen LogP contribution in [0.1, 0.15) is 48.8 Å². The van der Waals surface area contributed by atoms with Crippen molar-refractivity contribution in [1.29, 1.82) is 0 Å². The van der Waals surface area contributed by atoms with Crippen LogP contribution < -0.4 is 11.1 Å². The number of nitrogens with zero attached hydrogens (tertiary/aromatic N) is 5. The van der Waals surface area contributed by atoms with E-state index in [1.54, 1.807) is 21.1 Å². The number of amides is 4. The third-order valence-electron chi connectivity index (χ3n) is 10.7. The van der Waals surface area contributed by atoms with Crippen LogP contribution in [-0.4, -0.2) is 120 Å². The lowest BCUT2D eigenvalue weighted by Gasteiger charge is -2.42. The molecule has 10 nitrogen and oxygen atoms in total. The SMILES string of the molecule is CN1CCN(C2CCN(C(=O)[C@H](CC(=O)N3CCC(N4CCc5cscc5NC4=O)CC3)Cc3cc(Br)c(N)c(C(F)(F)F)c3)CC2)CC1. The van der Waals surface area contributed by atoms with Gasteiger partial charge in [-0.25, -0.2) is 4.79 Å². The molecule has 1 aromatic heterocycles. The molecule has 0 bridgehead atoms. The minimum absolute atomic E-state index is 0.0105. The Bertz CT molecular complexity index is 1520. The highest BCUT2D eigenvalue weighted by atomic mass is 79.9.